The Hall–Kier alpha value is 0.283. The van der Waals surface area contributed by atoms with Crippen LogP contribution in [-0.4, -0.2) is 33.9 Å². The number of hydrogen-bond acceptors (Lipinski definition) is 2. The summed E-state index contributed by atoms with van der Waals surface area (Å²) in [5, 5.41) is 0. The van der Waals surface area contributed by atoms with Crippen LogP contribution in [0.15, 0.2) is 24.3 Å². The third-order valence-corrected chi connectivity index (χ3v) is 4.09. The van der Waals surface area contributed by atoms with Gasteiger partial charge in [0.25, 0.3) is 0 Å². The third kappa shape index (κ3) is 3.89. The Bertz CT molecular complexity index is 263. The second-order valence-electron chi connectivity index (χ2n) is 2.68. The molecule has 0 N–H and O–H groups in total. The first-order valence-electron chi connectivity index (χ1n) is 3.66. The van der Waals surface area contributed by atoms with E-state index in [1.54, 1.807) is 0 Å². The fourth-order valence-corrected chi connectivity index (χ4v) is 3.38. The molecule has 0 saturated carbocycles. The van der Waals surface area contributed by atoms with Crippen molar-refractivity contribution in [2.45, 2.75) is 0 Å². The van der Waals surface area contributed by atoms with Crippen molar-refractivity contribution in [3.05, 3.63) is 24.3 Å². The number of rotatable bonds is 3. The van der Waals surface area contributed by atoms with Crippen molar-refractivity contribution in [3.63, 3.8) is 0 Å². The monoisotopic (exact) mass is 415 g/mol. The molecule has 0 bridgehead atoms. The zero-order valence-electron chi connectivity index (χ0n) is 7.37. The molecule has 0 aliphatic heterocycles. The number of hydrogen-bond donors (Lipinski definition) is 0. The van der Waals surface area contributed by atoms with Gasteiger partial charge in [-0.1, -0.05) is 0 Å². The number of nitrogens with zero attached hydrogens (tertiary/aromatic N) is 1. The van der Waals surface area contributed by atoms with E-state index in [1.807, 2.05) is 43.3 Å². The van der Waals surface area contributed by atoms with E-state index >= 15 is 0 Å². The SMILES string of the molecule is CN(C)c1ccc([O][Bi]([Cl])[Cl])cc1. The summed E-state index contributed by atoms with van der Waals surface area (Å²) in [4.78, 5) is 2.02. The third-order valence-electron chi connectivity index (χ3n) is 1.53. The molecule has 1 rings (SSSR count). The van der Waals surface area contributed by atoms with Crippen molar-refractivity contribution in [2.75, 3.05) is 19.0 Å². The van der Waals surface area contributed by atoms with Gasteiger partial charge in [-0.15, -0.1) is 0 Å². The summed E-state index contributed by atoms with van der Waals surface area (Å²) >= 11 is -2.56. The van der Waals surface area contributed by atoms with E-state index in [-0.39, 0.29) is 0 Å². The molecule has 0 aliphatic rings. The van der Waals surface area contributed by atoms with Gasteiger partial charge >= 0.3 is 94.3 Å². The van der Waals surface area contributed by atoms with Gasteiger partial charge in [0.1, 0.15) is 0 Å². The normalized spacial score (nSPS) is 10.2. The fraction of sp³-hybridized carbons (Fsp3) is 0.250. The van der Waals surface area contributed by atoms with Crippen LogP contribution in [0.25, 0.3) is 0 Å². The maximum atomic E-state index is 5.65. The summed E-state index contributed by atoms with van der Waals surface area (Å²) in [6, 6.07) is 7.69. The minimum absolute atomic E-state index is 0.758. The zero-order chi connectivity index (χ0) is 9.84. The van der Waals surface area contributed by atoms with Gasteiger partial charge in [0.05, 0.1) is 0 Å². The van der Waals surface area contributed by atoms with E-state index in [2.05, 4.69) is 0 Å². The molecule has 0 fully saturated rings. The Morgan fingerprint density at radius 2 is 1.69 bits per heavy atom. The molecule has 5 heteroatoms. The number of anilines is 1. The molecule has 0 heterocycles. The molecule has 13 heavy (non-hydrogen) atoms. The van der Waals surface area contributed by atoms with Crippen LogP contribution in [0.4, 0.5) is 5.69 Å². The minimum atomic E-state index is -2.56. The van der Waals surface area contributed by atoms with Crippen LogP contribution in [-0.2, 0) is 0 Å². The first kappa shape index (κ1) is 11.4. The van der Waals surface area contributed by atoms with Gasteiger partial charge in [0.15, 0.2) is 0 Å². The van der Waals surface area contributed by atoms with Crippen LogP contribution >= 0.6 is 17.0 Å². The predicted molar refractivity (Wildman–Crippen MR) is 58.9 cm³/mol. The summed E-state index contributed by atoms with van der Waals surface area (Å²) in [6.45, 7) is 0. The molecule has 1 aromatic carbocycles. The molecule has 72 valence electrons. The Kier molecular flexibility index (Phi) is 4.57. The molecule has 0 aromatic heterocycles. The second kappa shape index (κ2) is 5.24. The van der Waals surface area contributed by atoms with Crippen molar-refractivity contribution in [1.29, 1.82) is 0 Å². The van der Waals surface area contributed by atoms with Gasteiger partial charge in [0, 0.05) is 0 Å². The average Bonchev–Trinajstić information content (AvgIpc) is 2.04. The van der Waals surface area contributed by atoms with Crippen LogP contribution in [0.3, 0.4) is 0 Å². The van der Waals surface area contributed by atoms with E-state index in [0.29, 0.717) is 0 Å². The number of benzene rings is 1. The van der Waals surface area contributed by atoms with Gasteiger partial charge in [-0.3, -0.25) is 0 Å². The van der Waals surface area contributed by atoms with E-state index in [9.17, 15) is 0 Å². The van der Waals surface area contributed by atoms with Crippen molar-refractivity contribution >= 4 is 42.5 Å². The molecule has 0 aliphatic carbocycles. The Morgan fingerprint density at radius 3 is 2.08 bits per heavy atom. The second-order valence-corrected chi connectivity index (χ2v) is 11.9. The Morgan fingerprint density at radius 1 is 1.15 bits per heavy atom. The molecule has 0 radical (unpaired) electrons. The van der Waals surface area contributed by atoms with Crippen LogP contribution in [0.2, 0.25) is 0 Å². The van der Waals surface area contributed by atoms with E-state index in [0.717, 1.165) is 11.4 Å². The molecule has 1 aromatic rings. The van der Waals surface area contributed by atoms with Gasteiger partial charge in [0.2, 0.25) is 0 Å². The quantitative estimate of drug-likeness (QED) is 0.703. The fourth-order valence-electron chi connectivity index (χ4n) is 0.885. The first-order valence-corrected chi connectivity index (χ1v) is 13.6. The van der Waals surface area contributed by atoms with Crippen LogP contribution < -0.4 is 7.71 Å². The standard InChI is InChI=1S/C8H11NO.Bi.2ClH/c1-9(2)7-3-5-8(10)6-4-7;;;/h3-6,10H,1-2H3;;2*1H/q;+3;;/p-3. The Labute approximate surface area is 93.8 Å². The van der Waals surface area contributed by atoms with Crippen molar-refractivity contribution < 1.29 is 2.81 Å². The summed E-state index contributed by atoms with van der Waals surface area (Å²) < 4.78 is 5.26. The van der Waals surface area contributed by atoms with Crippen molar-refractivity contribution in [3.8, 4) is 5.75 Å². The number of halogens is 2. The van der Waals surface area contributed by atoms with Crippen molar-refractivity contribution in [2.24, 2.45) is 0 Å². The summed E-state index contributed by atoms with van der Waals surface area (Å²) in [5.74, 6) is 0.758. The summed E-state index contributed by atoms with van der Waals surface area (Å²) in [6.07, 6.45) is 0. The van der Waals surface area contributed by atoms with Gasteiger partial charge in [-0.2, -0.15) is 0 Å². The molecule has 0 amide bonds. The molecular formula is C8H10BiCl2NO. The molecule has 2 nitrogen and oxygen atoms in total. The summed E-state index contributed by atoms with van der Waals surface area (Å²) in [5.41, 5.74) is 1.13. The molecule has 0 saturated heterocycles. The molecule has 0 unspecified atom stereocenters. The molecule has 0 atom stereocenters. The van der Waals surface area contributed by atoms with E-state index in [4.69, 9.17) is 19.8 Å². The molecule has 0 spiro atoms. The van der Waals surface area contributed by atoms with Gasteiger partial charge in [-0.05, 0) is 0 Å². The van der Waals surface area contributed by atoms with Gasteiger partial charge < -0.3 is 0 Å². The summed E-state index contributed by atoms with van der Waals surface area (Å²) in [7, 11) is 15.3. The molecular weight excluding hydrogens is 406 g/mol. The van der Waals surface area contributed by atoms with Crippen LogP contribution in [0.5, 0.6) is 5.75 Å². The Balaban J connectivity index is 2.70. The van der Waals surface area contributed by atoms with Gasteiger partial charge in [-0.25, -0.2) is 0 Å². The van der Waals surface area contributed by atoms with Crippen LogP contribution in [0, 0.1) is 0 Å². The topological polar surface area (TPSA) is 12.5 Å². The van der Waals surface area contributed by atoms with E-state index in [1.165, 1.54) is 0 Å². The first-order chi connectivity index (χ1) is 6.09. The zero-order valence-corrected chi connectivity index (χ0v) is 12.4. The van der Waals surface area contributed by atoms with Crippen LogP contribution in [0.1, 0.15) is 0 Å². The predicted octanol–water partition coefficient (Wildman–Crippen LogP) is 2.59. The van der Waals surface area contributed by atoms with Crippen molar-refractivity contribution in [1.82, 2.24) is 0 Å². The average molecular weight is 416 g/mol. The maximum absolute atomic E-state index is 5.65. The van der Waals surface area contributed by atoms with E-state index < -0.39 is 19.8 Å².